The SMILES string of the molecule is C=C(C)COCCNC1CC(c2ccc(C)cc2)C1. The third-order valence-electron chi connectivity index (χ3n) is 3.71. The lowest BCUT2D eigenvalue weighted by atomic mass is 9.76. The second-order valence-electron chi connectivity index (χ2n) is 5.74. The van der Waals surface area contributed by atoms with E-state index in [9.17, 15) is 0 Å². The Labute approximate surface area is 116 Å². The van der Waals surface area contributed by atoms with Crippen LogP contribution in [0.15, 0.2) is 36.4 Å². The van der Waals surface area contributed by atoms with Gasteiger partial charge in [-0.2, -0.15) is 0 Å². The molecule has 1 saturated carbocycles. The molecule has 1 aromatic rings. The van der Waals surface area contributed by atoms with Gasteiger partial charge in [-0.15, -0.1) is 0 Å². The average molecular weight is 259 g/mol. The van der Waals surface area contributed by atoms with Gasteiger partial charge in [-0.05, 0) is 38.2 Å². The lowest BCUT2D eigenvalue weighted by molar-refractivity contribution is 0.148. The highest BCUT2D eigenvalue weighted by Crippen LogP contribution is 2.36. The van der Waals surface area contributed by atoms with Gasteiger partial charge in [-0.1, -0.05) is 42.0 Å². The molecule has 0 atom stereocenters. The Hall–Kier alpha value is -1.12. The maximum absolute atomic E-state index is 5.48. The Balaban J connectivity index is 1.59. The molecular weight excluding hydrogens is 234 g/mol. The highest BCUT2D eigenvalue weighted by atomic mass is 16.5. The molecule has 0 heterocycles. The summed E-state index contributed by atoms with van der Waals surface area (Å²) < 4.78 is 5.48. The molecule has 1 aliphatic rings. The van der Waals surface area contributed by atoms with Crippen LogP contribution in [0.25, 0.3) is 0 Å². The van der Waals surface area contributed by atoms with Crippen LogP contribution in [0.2, 0.25) is 0 Å². The van der Waals surface area contributed by atoms with Crippen molar-refractivity contribution in [1.82, 2.24) is 5.32 Å². The van der Waals surface area contributed by atoms with Gasteiger partial charge >= 0.3 is 0 Å². The zero-order valence-electron chi connectivity index (χ0n) is 12.1. The highest BCUT2D eigenvalue weighted by Gasteiger charge is 2.29. The Morgan fingerprint density at radius 3 is 2.63 bits per heavy atom. The lowest BCUT2D eigenvalue weighted by Gasteiger charge is -2.36. The van der Waals surface area contributed by atoms with Crippen molar-refractivity contribution in [3.8, 4) is 0 Å². The normalized spacial score (nSPS) is 22.0. The summed E-state index contributed by atoms with van der Waals surface area (Å²) in [5.41, 5.74) is 3.91. The highest BCUT2D eigenvalue weighted by molar-refractivity contribution is 5.26. The fourth-order valence-corrected chi connectivity index (χ4v) is 2.48. The number of aryl methyl sites for hydroxylation is 1. The third-order valence-corrected chi connectivity index (χ3v) is 3.71. The van der Waals surface area contributed by atoms with E-state index < -0.39 is 0 Å². The second-order valence-corrected chi connectivity index (χ2v) is 5.74. The summed E-state index contributed by atoms with van der Waals surface area (Å²) in [5.74, 6) is 0.745. The van der Waals surface area contributed by atoms with Crippen LogP contribution in [0.3, 0.4) is 0 Å². The van der Waals surface area contributed by atoms with E-state index in [-0.39, 0.29) is 0 Å². The smallest absolute Gasteiger partial charge is 0.0672 e. The molecule has 2 rings (SSSR count). The van der Waals surface area contributed by atoms with Crippen molar-refractivity contribution in [3.63, 3.8) is 0 Å². The van der Waals surface area contributed by atoms with E-state index in [2.05, 4.69) is 43.1 Å². The molecule has 1 aliphatic carbocycles. The average Bonchev–Trinajstić information content (AvgIpc) is 2.32. The van der Waals surface area contributed by atoms with Crippen molar-refractivity contribution in [2.75, 3.05) is 19.8 Å². The van der Waals surface area contributed by atoms with Gasteiger partial charge in [0.25, 0.3) is 0 Å². The van der Waals surface area contributed by atoms with Crippen LogP contribution in [0, 0.1) is 6.92 Å². The summed E-state index contributed by atoms with van der Waals surface area (Å²) in [5, 5.41) is 3.55. The molecule has 104 valence electrons. The molecule has 19 heavy (non-hydrogen) atoms. The molecule has 1 aromatic carbocycles. The van der Waals surface area contributed by atoms with Gasteiger partial charge in [-0.3, -0.25) is 0 Å². The first-order valence-corrected chi connectivity index (χ1v) is 7.17. The minimum Gasteiger partial charge on any atom is -0.376 e. The van der Waals surface area contributed by atoms with Crippen LogP contribution in [-0.2, 0) is 4.74 Å². The van der Waals surface area contributed by atoms with Crippen molar-refractivity contribution in [1.29, 1.82) is 0 Å². The molecule has 0 radical (unpaired) electrons. The first kappa shape index (κ1) is 14.3. The van der Waals surface area contributed by atoms with E-state index in [1.165, 1.54) is 24.0 Å². The molecule has 2 nitrogen and oxygen atoms in total. The Kier molecular flexibility index (Phi) is 5.17. The first-order valence-electron chi connectivity index (χ1n) is 7.17. The lowest BCUT2D eigenvalue weighted by Crippen LogP contribution is -2.41. The Morgan fingerprint density at radius 2 is 2.00 bits per heavy atom. The predicted molar refractivity (Wildman–Crippen MR) is 80.6 cm³/mol. The van der Waals surface area contributed by atoms with E-state index in [1.807, 2.05) is 6.92 Å². The molecule has 0 saturated heterocycles. The molecule has 0 aliphatic heterocycles. The number of ether oxygens (including phenoxy) is 1. The van der Waals surface area contributed by atoms with Crippen molar-refractivity contribution in [2.45, 2.75) is 38.6 Å². The molecular formula is C17H25NO. The van der Waals surface area contributed by atoms with Crippen LogP contribution in [0.5, 0.6) is 0 Å². The number of nitrogens with one attached hydrogen (secondary N) is 1. The van der Waals surface area contributed by atoms with Gasteiger partial charge in [0, 0.05) is 12.6 Å². The molecule has 2 heteroatoms. The maximum atomic E-state index is 5.48. The second kappa shape index (κ2) is 6.88. The summed E-state index contributed by atoms with van der Waals surface area (Å²) in [6, 6.07) is 9.63. The van der Waals surface area contributed by atoms with Crippen molar-refractivity contribution in [2.24, 2.45) is 0 Å². The van der Waals surface area contributed by atoms with Crippen molar-refractivity contribution >= 4 is 0 Å². The number of benzene rings is 1. The van der Waals surface area contributed by atoms with Gasteiger partial charge < -0.3 is 10.1 Å². The molecule has 0 bridgehead atoms. The summed E-state index contributed by atoms with van der Waals surface area (Å²) in [6.45, 7) is 10.3. The Bertz CT molecular complexity index is 404. The summed E-state index contributed by atoms with van der Waals surface area (Å²) in [7, 11) is 0. The monoisotopic (exact) mass is 259 g/mol. The van der Waals surface area contributed by atoms with Gasteiger partial charge in [0.15, 0.2) is 0 Å². The quantitative estimate of drug-likeness (QED) is 0.598. The summed E-state index contributed by atoms with van der Waals surface area (Å²) in [6.07, 6.45) is 2.51. The number of rotatable bonds is 7. The van der Waals surface area contributed by atoms with Gasteiger partial charge in [0.05, 0.1) is 13.2 Å². The van der Waals surface area contributed by atoms with Crippen LogP contribution in [0.1, 0.15) is 36.8 Å². The number of hydrogen-bond donors (Lipinski definition) is 1. The van der Waals surface area contributed by atoms with Crippen molar-refractivity contribution in [3.05, 3.63) is 47.5 Å². The van der Waals surface area contributed by atoms with E-state index >= 15 is 0 Å². The molecule has 0 aromatic heterocycles. The molecule has 0 amide bonds. The van der Waals surface area contributed by atoms with Crippen LogP contribution >= 0.6 is 0 Å². The summed E-state index contributed by atoms with van der Waals surface area (Å²) >= 11 is 0. The van der Waals surface area contributed by atoms with E-state index in [0.29, 0.717) is 12.6 Å². The minimum atomic E-state index is 0.666. The van der Waals surface area contributed by atoms with Crippen LogP contribution in [0.4, 0.5) is 0 Å². The summed E-state index contributed by atoms with van der Waals surface area (Å²) in [4.78, 5) is 0. The van der Waals surface area contributed by atoms with Crippen LogP contribution < -0.4 is 5.32 Å². The predicted octanol–water partition coefficient (Wildman–Crippen LogP) is 3.42. The topological polar surface area (TPSA) is 21.3 Å². The van der Waals surface area contributed by atoms with E-state index in [0.717, 1.165) is 24.6 Å². The van der Waals surface area contributed by atoms with Crippen LogP contribution in [-0.4, -0.2) is 25.8 Å². The van der Waals surface area contributed by atoms with E-state index in [4.69, 9.17) is 4.74 Å². The van der Waals surface area contributed by atoms with Gasteiger partial charge in [0.1, 0.15) is 0 Å². The molecule has 1 N–H and O–H groups in total. The third kappa shape index (κ3) is 4.48. The fourth-order valence-electron chi connectivity index (χ4n) is 2.48. The maximum Gasteiger partial charge on any atom is 0.0672 e. The largest absolute Gasteiger partial charge is 0.376 e. The van der Waals surface area contributed by atoms with Gasteiger partial charge in [0.2, 0.25) is 0 Å². The Morgan fingerprint density at radius 1 is 1.32 bits per heavy atom. The zero-order chi connectivity index (χ0) is 13.7. The minimum absolute atomic E-state index is 0.666. The first-order chi connectivity index (χ1) is 9.15. The fraction of sp³-hybridized carbons (Fsp3) is 0.529. The molecule has 0 spiro atoms. The standard InChI is InChI=1S/C17H25NO/c1-13(2)12-19-9-8-18-17-10-16(11-17)15-6-4-14(3)5-7-15/h4-7,16-18H,1,8-12H2,2-3H3. The molecule has 0 unspecified atom stereocenters. The number of hydrogen-bond acceptors (Lipinski definition) is 2. The van der Waals surface area contributed by atoms with Crippen molar-refractivity contribution < 1.29 is 4.74 Å². The zero-order valence-corrected chi connectivity index (χ0v) is 12.1. The van der Waals surface area contributed by atoms with Gasteiger partial charge in [-0.25, -0.2) is 0 Å². The van der Waals surface area contributed by atoms with E-state index in [1.54, 1.807) is 0 Å². The molecule has 1 fully saturated rings.